The van der Waals surface area contributed by atoms with Crippen LogP contribution in [0, 0.1) is 18.6 Å². The number of piperidine rings is 1. The molecule has 22 heavy (non-hydrogen) atoms. The van der Waals surface area contributed by atoms with E-state index in [4.69, 9.17) is 12.2 Å². The molecule has 1 aromatic heterocycles. The van der Waals surface area contributed by atoms with E-state index in [1.165, 1.54) is 10.5 Å². The van der Waals surface area contributed by atoms with Gasteiger partial charge in [-0.2, -0.15) is 9.78 Å². The molecule has 5 nitrogen and oxygen atoms in total. The predicted octanol–water partition coefficient (Wildman–Crippen LogP) is 1.02. The van der Waals surface area contributed by atoms with Crippen molar-refractivity contribution >= 4 is 12.2 Å². The maximum absolute atomic E-state index is 9.81. The third-order valence-electron chi connectivity index (χ3n) is 4.26. The van der Waals surface area contributed by atoms with Gasteiger partial charge in [-0.3, -0.25) is 4.57 Å². The van der Waals surface area contributed by atoms with E-state index in [1.807, 2.05) is 16.2 Å². The number of benzene rings is 1. The molecule has 118 valence electrons. The molecule has 1 aliphatic heterocycles. The van der Waals surface area contributed by atoms with Crippen LogP contribution in [-0.2, 0) is 6.67 Å². The Balaban J connectivity index is 1.87. The first-order chi connectivity index (χ1) is 10.5. The lowest BCUT2D eigenvalue weighted by Gasteiger charge is -2.26. The highest BCUT2D eigenvalue weighted by Gasteiger charge is 2.22. The van der Waals surface area contributed by atoms with Crippen molar-refractivity contribution < 1.29 is 10.0 Å². The Hall–Kier alpha value is -1.50. The largest absolute Gasteiger partial charge is 0.387 e. The van der Waals surface area contributed by atoms with Crippen LogP contribution in [0.1, 0.15) is 24.2 Å². The van der Waals surface area contributed by atoms with Crippen molar-refractivity contribution in [3.05, 3.63) is 40.4 Å². The highest BCUT2D eigenvalue weighted by Crippen LogP contribution is 2.12. The van der Waals surface area contributed by atoms with Crippen LogP contribution < -0.4 is 4.90 Å². The maximum atomic E-state index is 9.81. The molecule has 0 aliphatic carbocycles. The molecule has 2 heterocycles. The third kappa shape index (κ3) is 3.14. The molecule has 0 spiro atoms. The summed E-state index contributed by atoms with van der Waals surface area (Å²) in [6, 6.07) is 8.31. The van der Waals surface area contributed by atoms with Crippen molar-refractivity contribution in [3.8, 4) is 5.69 Å². The van der Waals surface area contributed by atoms with Gasteiger partial charge >= 0.3 is 0 Å². The second kappa shape index (κ2) is 6.32. The van der Waals surface area contributed by atoms with Crippen molar-refractivity contribution in [1.29, 1.82) is 0 Å². The molecule has 0 amide bonds. The fourth-order valence-electron chi connectivity index (χ4n) is 3.09. The number of aliphatic hydroxyl groups excluding tert-OH is 1. The van der Waals surface area contributed by atoms with Crippen LogP contribution >= 0.6 is 12.2 Å². The van der Waals surface area contributed by atoms with Crippen LogP contribution in [0.15, 0.2) is 24.3 Å². The number of aromatic nitrogens is 3. The van der Waals surface area contributed by atoms with Gasteiger partial charge in [0.2, 0.25) is 4.77 Å². The van der Waals surface area contributed by atoms with Gasteiger partial charge in [0.1, 0.15) is 18.5 Å². The molecule has 1 fully saturated rings. The van der Waals surface area contributed by atoms with Gasteiger partial charge in [0.15, 0.2) is 6.67 Å². The minimum atomic E-state index is -0.196. The number of aliphatic hydroxyl groups is 1. The standard InChI is InChI=1S/C16H22N4OS/c1-12-5-7-14(8-6-12)20-13(2)17-19(16(20)22)11-18-9-3-4-15(21)10-18/h5-8,15,21H,3-4,9-11H2,1-2H3/p+1/t15-/m0/s1. The van der Waals surface area contributed by atoms with E-state index < -0.39 is 0 Å². The zero-order valence-corrected chi connectivity index (χ0v) is 13.9. The molecule has 3 rings (SSSR count). The van der Waals surface area contributed by atoms with Gasteiger partial charge in [0, 0.05) is 5.69 Å². The monoisotopic (exact) mass is 319 g/mol. The van der Waals surface area contributed by atoms with Gasteiger partial charge in [-0.25, -0.2) is 0 Å². The second-order valence-electron chi connectivity index (χ2n) is 6.16. The summed E-state index contributed by atoms with van der Waals surface area (Å²) >= 11 is 5.61. The van der Waals surface area contributed by atoms with Gasteiger partial charge in [-0.05, 0) is 51.0 Å². The van der Waals surface area contributed by atoms with Crippen LogP contribution in [0.3, 0.4) is 0 Å². The first-order valence-corrected chi connectivity index (χ1v) is 8.20. The zero-order chi connectivity index (χ0) is 15.7. The van der Waals surface area contributed by atoms with Crippen LogP contribution in [-0.4, -0.2) is 38.6 Å². The summed E-state index contributed by atoms with van der Waals surface area (Å²) in [5.41, 5.74) is 2.28. The lowest BCUT2D eigenvalue weighted by molar-refractivity contribution is -0.931. The third-order valence-corrected chi connectivity index (χ3v) is 4.65. The molecule has 1 aromatic carbocycles. The van der Waals surface area contributed by atoms with Gasteiger partial charge < -0.3 is 10.0 Å². The smallest absolute Gasteiger partial charge is 0.207 e. The molecule has 2 aromatic rings. The summed E-state index contributed by atoms with van der Waals surface area (Å²) in [7, 11) is 0. The Labute approximate surface area is 135 Å². The summed E-state index contributed by atoms with van der Waals surface area (Å²) in [5.74, 6) is 0.894. The zero-order valence-electron chi connectivity index (χ0n) is 13.1. The fraction of sp³-hybridized carbons (Fsp3) is 0.500. The summed E-state index contributed by atoms with van der Waals surface area (Å²) < 4.78 is 4.61. The highest BCUT2D eigenvalue weighted by molar-refractivity contribution is 7.71. The number of aryl methyl sites for hydroxylation is 2. The van der Waals surface area contributed by atoms with E-state index in [0.717, 1.165) is 44.1 Å². The molecular weight excluding hydrogens is 296 g/mol. The second-order valence-corrected chi connectivity index (χ2v) is 6.52. The Bertz CT molecular complexity index is 704. The predicted molar refractivity (Wildman–Crippen MR) is 87.8 cm³/mol. The topological polar surface area (TPSA) is 47.4 Å². The molecular formula is C16H23N4OS+. The lowest BCUT2D eigenvalue weighted by Crippen LogP contribution is -3.13. The van der Waals surface area contributed by atoms with E-state index in [1.54, 1.807) is 0 Å². The van der Waals surface area contributed by atoms with Crippen molar-refractivity contribution in [2.45, 2.75) is 39.5 Å². The van der Waals surface area contributed by atoms with Crippen LogP contribution in [0.2, 0.25) is 0 Å². The van der Waals surface area contributed by atoms with E-state index in [-0.39, 0.29) is 6.10 Å². The summed E-state index contributed by atoms with van der Waals surface area (Å²) in [6.45, 7) is 6.61. The van der Waals surface area contributed by atoms with Crippen molar-refractivity contribution in [2.75, 3.05) is 13.1 Å². The van der Waals surface area contributed by atoms with Crippen molar-refractivity contribution in [3.63, 3.8) is 0 Å². The Morgan fingerprint density at radius 2 is 2.05 bits per heavy atom. The van der Waals surface area contributed by atoms with Crippen LogP contribution in [0.25, 0.3) is 5.69 Å². The maximum Gasteiger partial charge on any atom is 0.207 e. The van der Waals surface area contributed by atoms with Gasteiger partial charge in [-0.1, -0.05) is 17.7 Å². The molecule has 0 saturated carbocycles. The van der Waals surface area contributed by atoms with Crippen molar-refractivity contribution in [1.82, 2.24) is 14.3 Å². The quantitative estimate of drug-likeness (QED) is 0.831. The lowest BCUT2D eigenvalue weighted by atomic mass is 10.1. The van der Waals surface area contributed by atoms with E-state index in [0.29, 0.717) is 4.77 Å². The minimum absolute atomic E-state index is 0.196. The average molecular weight is 319 g/mol. The summed E-state index contributed by atoms with van der Waals surface area (Å²) in [6.07, 6.45) is 1.77. The first kappa shape index (κ1) is 15.4. The fourth-order valence-corrected chi connectivity index (χ4v) is 3.43. The van der Waals surface area contributed by atoms with E-state index in [2.05, 4.69) is 36.3 Å². The van der Waals surface area contributed by atoms with Crippen LogP contribution in [0.4, 0.5) is 0 Å². The Kier molecular flexibility index (Phi) is 4.42. The average Bonchev–Trinajstić information content (AvgIpc) is 2.75. The highest BCUT2D eigenvalue weighted by atomic mass is 32.1. The number of hydrogen-bond acceptors (Lipinski definition) is 3. The SMILES string of the molecule is Cc1ccc(-n2c(C)nn(C[NH+]3CCC[C@H](O)C3)c2=S)cc1. The number of hydrogen-bond donors (Lipinski definition) is 2. The molecule has 1 aliphatic rings. The number of nitrogens with zero attached hydrogens (tertiary/aromatic N) is 3. The molecule has 1 unspecified atom stereocenters. The normalized spacial score (nSPS) is 22.0. The molecule has 2 atom stereocenters. The Morgan fingerprint density at radius 1 is 1.32 bits per heavy atom. The minimum Gasteiger partial charge on any atom is -0.387 e. The van der Waals surface area contributed by atoms with Gasteiger partial charge in [-0.15, -0.1) is 0 Å². The first-order valence-electron chi connectivity index (χ1n) is 7.80. The molecule has 2 N–H and O–H groups in total. The molecule has 6 heteroatoms. The molecule has 1 saturated heterocycles. The Morgan fingerprint density at radius 3 is 2.73 bits per heavy atom. The van der Waals surface area contributed by atoms with Gasteiger partial charge in [0.05, 0.1) is 6.54 Å². The number of quaternary nitrogens is 1. The van der Waals surface area contributed by atoms with E-state index >= 15 is 0 Å². The number of likely N-dealkylation sites (tertiary alicyclic amines) is 1. The van der Waals surface area contributed by atoms with Crippen LogP contribution in [0.5, 0.6) is 0 Å². The van der Waals surface area contributed by atoms with Gasteiger partial charge in [0.25, 0.3) is 0 Å². The van der Waals surface area contributed by atoms with E-state index in [9.17, 15) is 5.11 Å². The summed E-state index contributed by atoms with van der Waals surface area (Å²) in [5, 5.41) is 14.4. The van der Waals surface area contributed by atoms with Crippen molar-refractivity contribution in [2.24, 2.45) is 0 Å². The summed E-state index contributed by atoms with van der Waals surface area (Å²) in [4.78, 5) is 1.34. The molecule has 0 bridgehead atoms. The molecule has 0 radical (unpaired) electrons. The number of rotatable bonds is 3. The number of nitrogens with one attached hydrogen (secondary N) is 1.